The van der Waals surface area contributed by atoms with E-state index in [1.807, 2.05) is 30.3 Å². The highest BCUT2D eigenvalue weighted by Gasteiger charge is 2.03. The molecule has 0 radical (unpaired) electrons. The predicted octanol–water partition coefficient (Wildman–Crippen LogP) is 23.1. The number of hydrogen-bond donors (Lipinski definition) is 1. The van der Waals surface area contributed by atoms with Crippen molar-refractivity contribution in [3.8, 4) is 0 Å². The van der Waals surface area contributed by atoms with Crippen molar-refractivity contribution in [2.24, 2.45) is 0 Å². The third-order valence-corrected chi connectivity index (χ3v) is 14.8. The summed E-state index contributed by atoms with van der Waals surface area (Å²) in [4.78, 5) is 12.0. The summed E-state index contributed by atoms with van der Waals surface area (Å²) >= 11 is 0. The zero-order chi connectivity index (χ0) is 46.3. The van der Waals surface area contributed by atoms with Crippen LogP contribution in [-0.4, -0.2) is 5.91 Å². The van der Waals surface area contributed by atoms with Crippen LogP contribution in [0.3, 0.4) is 0 Å². The molecule has 0 unspecified atom stereocenters. The molecule has 0 saturated carbocycles. The van der Waals surface area contributed by atoms with Crippen molar-refractivity contribution in [1.29, 1.82) is 0 Å². The van der Waals surface area contributed by atoms with E-state index in [0.29, 0.717) is 6.42 Å². The first-order chi connectivity index (χ1) is 32.3. The van der Waals surface area contributed by atoms with Crippen molar-refractivity contribution in [3.63, 3.8) is 0 Å². The number of carbonyl (C=O) groups excluding carboxylic acids is 1. The summed E-state index contributed by atoms with van der Waals surface area (Å²) in [5, 5.41) is 2.99. The summed E-state index contributed by atoms with van der Waals surface area (Å²) in [6.45, 7) is 2.31. The Hall–Kier alpha value is -1.31. The summed E-state index contributed by atoms with van der Waals surface area (Å²) in [7, 11) is 0. The first-order valence-electron chi connectivity index (χ1n) is 30.7. The topological polar surface area (TPSA) is 29.1 Å². The van der Waals surface area contributed by atoms with E-state index in [9.17, 15) is 4.79 Å². The maximum Gasteiger partial charge on any atom is 0.224 e. The lowest BCUT2D eigenvalue weighted by molar-refractivity contribution is -0.116. The number of rotatable bonds is 56. The highest BCUT2D eigenvalue weighted by atomic mass is 16.1. The van der Waals surface area contributed by atoms with Gasteiger partial charge in [-0.1, -0.05) is 365 Å². The van der Waals surface area contributed by atoms with Crippen molar-refractivity contribution in [3.05, 3.63) is 30.3 Å². The third kappa shape index (κ3) is 51.9. The molecular weight excluding hydrogens is 787 g/mol. The molecule has 0 saturated heterocycles. The standard InChI is InChI=1S/C63H119NO/c1-2-3-4-5-6-7-8-9-10-11-12-13-14-15-16-17-18-19-20-21-22-23-24-25-26-27-28-29-30-31-32-33-34-35-36-37-38-39-40-41-42-43-44-45-46-47-48-49-50-51-52-53-54-58-61-63(65)64-62-59-56-55-57-60-62/h55-57,59-60H,2-54,58,61H2,1H3,(H,64,65). The minimum Gasteiger partial charge on any atom is -0.326 e. The lowest BCUT2D eigenvalue weighted by atomic mass is 10.0. The molecule has 0 aliphatic heterocycles. The molecule has 0 aliphatic carbocycles. The molecule has 1 N–H and O–H groups in total. The van der Waals surface area contributed by atoms with Crippen molar-refractivity contribution in [1.82, 2.24) is 0 Å². The maximum absolute atomic E-state index is 12.0. The number of amides is 1. The molecule has 1 amide bonds. The predicted molar refractivity (Wildman–Crippen MR) is 295 cm³/mol. The van der Waals surface area contributed by atoms with E-state index in [0.717, 1.165) is 12.1 Å². The van der Waals surface area contributed by atoms with Gasteiger partial charge in [-0.15, -0.1) is 0 Å². The molecule has 0 fully saturated rings. The number of nitrogens with one attached hydrogen (secondary N) is 1. The quantitative estimate of drug-likeness (QED) is 0.0649. The molecule has 0 aromatic heterocycles. The van der Waals surface area contributed by atoms with Gasteiger partial charge in [0.15, 0.2) is 0 Å². The van der Waals surface area contributed by atoms with Crippen LogP contribution >= 0.6 is 0 Å². The summed E-state index contributed by atoms with van der Waals surface area (Å²) in [5.74, 6) is 0.152. The van der Waals surface area contributed by atoms with Crippen molar-refractivity contribution >= 4 is 11.6 Å². The number of benzene rings is 1. The van der Waals surface area contributed by atoms with E-state index >= 15 is 0 Å². The van der Waals surface area contributed by atoms with Gasteiger partial charge < -0.3 is 5.32 Å². The Balaban J connectivity index is 1.60. The van der Waals surface area contributed by atoms with Gasteiger partial charge in [0.2, 0.25) is 5.91 Å². The second-order valence-electron chi connectivity index (χ2n) is 21.4. The van der Waals surface area contributed by atoms with E-state index < -0.39 is 0 Å². The van der Waals surface area contributed by atoms with Crippen molar-refractivity contribution in [2.75, 3.05) is 5.32 Å². The van der Waals surface area contributed by atoms with Gasteiger partial charge in [-0.25, -0.2) is 0 Å². The minimum absolute atomic E-state index is 0.152. The smallest absolute Gasteiger partial charge is 0.224 e. The second-order valence-corrected chi connectivity index (χ2v) is 21.4. The number of hydrogen-bond acceptors (Lipinski definition) is 1. The number of para-hydroxylation sites is 1. The third-order valence-electron chi connectivity index (χ3n) is 14.8. The average molecular weight is 907 g/mol. The summed E-state index contributed by atoms with van der Waals surface area (Å²) in [6.07, 6.45) is 79.1. The first kappa shape index (κ1) is 61.7. The van der Waals surface area contributed by atoms with E-state index in [1.165, 1.54) is 340 Å². The Morgan fingerprint density at radius 2 is 0.431 bits per heavy atom. The van der Waals surface area contributed by atoms with Crippen LogP contribution in [0.4, 0.5) is 5.69 Å². The van der Waals surface area contributed by atoms with Crippen LogP contribution in [0.2, 0.25) is 0 Å². The average Bonchev–Trinajstić information content (AvgIpc) is 3.32. The molecule has 65 heavy (non-hydrogen) atoms. The fourth-order valence-corrected chi connectivity index (χ4v) is 10.3. The SMILES string of the molecule is CCCCCCCCCCCCCCCCCCCCCCCCCCCCCCCCCCCCCCCCCCCCCCCCCCCCCCCCC(=O)Nc1ccccc1. The number of unbranched alkanes of at least 4 members (excludes halogenated alkanes) is 53. The van der Waals surface area contributed by atoms with E-state index in [-0.39, 0.29) is 5.91 Å². The molecule has 0 atom stereocenters. The van der Waals surface area contributed by atoms with Gasteiger partial charge >= 0.3 is 0 Å². The van der Waals surface area contributed by atoms with Gasteiger partial charge in [-0.05, 0) is 18.6 Å². The Labute approximate surface area is 410 Å². The largest absolute Gasteiger partial charge is 0.326 e. The summed E-state index contributed by atoms with van der Waals surface area (Å²) in [5.41, 5.74) is 0.908. The monoisotopic (exact) mass is 906 g/mol. The fraction of sp³-hybridized carbons (Fsp3) is 0.889. The lowest BCUT2D eigenvalue weighted by Gasteiger charge is -2.05. The van der Waals surface area contributed by atoms with Gasteiger partial charge in [0.05, 0.1) is 0 Å². The molecular formula is C63H119NO. The normalized spacial score (nSPS) is 11.5. The molecule has 0 aliphatic rings. The molecule has 1 aromatic carbocycles. The van der Waals surface area contributed by atoms with Crippen LogP contribution in [0, 0.1) is 0 Å². The number of anilines is 1. The Kier molecular flexibility index (Phi) is 52.5. The van der Waals surface area contributed by atoms with Crippen LogP contribution in [0.5, 0.6) is 0 Å². The zero-order valence-corrected chi connectivity index (χ0v) is 44.7. The molecule has 0 bridgehead atoms. The van der Waals surface area contributed by atoms with Crippen LogP contribution in [0.25, 0.3) is 0 Å². The van der Waals surface area contributed by atoms with E-state index in [4.69, 9.17) is 0 Å². The van der Waals surface area contributed by atoms with Crippen LogP contribution < -0.4 is 5.32 Å². The first-order valence-corrected chi connectivity index (χ1v) is 30.7. The molecule has 382 valence electrons. The number of carbonyl (C=O) groups is 1. The molecule has 2 nitrogen and oxygen atoms in total. The van der Waals surface area contributed by atoms with Crippen molar-refractivity contribution < 1.29 is 4.79 Å². The highest BCUT2D eigenvalue weighted by molar-refractivity contribution is 5.90. The maximum atomic E-state index is 12.0. The highest BCUT2D eigenvalue weighted by Crippen LogP contribution is 2.19. The minimum atomic E-state index is 0.152. The van der Waals surface area contributed by atoms with Gasteiger partial charge in [0.1, 0.15) is 0 Å². The fourth-order valence-electron chi connectivity index (χ4n) is 10.3. The molecule has 2 heteroatoms. The van der Waals surface area contributed by atoms with E-state index in [2.05, 4.69) is 12.2 Å². The Morgan fingerprint density at radius 1 is 0.262 bits per heavy atom. The molecule has 0 spiro atoms. The zero-order valence-electron chi connectivity index (χ0n) is 44.7. The molecule has 0 heterocycles. The van der Waals surface area contributed by atoms with Crippen LogP contribution in [-0.2, 0) is 4.79 Å². The van der Waals surface area contributed by atoms with Crippen molar-refractivity contribution in [2.45, 2.75) is 360 Å². The second kappa shape index (κ2) is 55.3. The summed E-state index contributed by atoms with van der Waals surface area (Å²) < 4.78 is 0. The Bertz CT molecular complexity index is 1010. The van der Waals surface area contributed by atoms with Gasteiger partial charge in [-0.2, -0.15) is 0 Å². The molecule has 1 aromatic rings. The summed E-state index contributed by atoms with van der Waals surface area (Å²) in [6, 6.07) is 9.80. The molecule has 1 rings (SSSR count). The Morgan fingerprint density at radius 3 is 0.615 bits per heavy atom. The van der Waals surface area contributed by atoms with Gasteiger partial charge in [0.25, 0.3) is 0 Å². The lowest BCUT2D eigenvalue weighted by Crippen LogP contribution is -2.10. The van der Waals surface area contributed by atoms with Crippen LogP contribution in [0.1, 0.15) is 360 Å². The van der Waals surface area contributed by atoms with Gasteiger partial charge in [-0.3, -0.25) is 4.79 Å². The van der Waals surface area contributed by atoms with Crippen LogP contribution in [0.15, 0.2) is 30.3 Å². The van der Waals surface area contributed by atoms with Gasteiger partial charge in [0, 0.05) is 12.1 Å². The van der Waals surface area contributed by atoms with E-state index in [1.54, 1.807) is 0 Å².